The topological polar surface area (TPSA) is 133 Å². The minimum atomic E-state index is -0.648. The average Bonchev–Trinajstić information content (AvgIpc) is 3.52. The quantitative estimate of drug-likeness (QED) is 0.268. The highest BCUT2D eigenvalue weighted by atomic mass is 16.5. The van der Waals surface area contributed by atoms with E-state index in [1.165, 1.54) is 11.9 Å². The van der Waals surface area contributed by atoms with Crippen LogP contribution >= 0.6 is 0 Å². The summed E-state index contributed by atoms with van der Waals surface area (Å²) in [6.45, 7) is 26.1. The molecule has 3 N–H and O–H groups in total. The van der Waals surface area contributed by atoms with Gasteiger partial charge in [0.05, 0.1) is 37.9 Å². The number of rotatable bonds is 8. The third-order valence-corrected chi connectivity index (χ3v) is 16.9. The van der Waals surface area contributed by atoms with Crippen molar-refractivity contribution < 1.29 is 24.2 Å². The van der Waals surface area contributed by atoms with Gasteiger partial charge in [0.15, 0.2) is 0 Å². The maximum absolute atomic E-state index is 13.6. The summed E-state index contributed by atoms with van der Waals surface area (Å²) in [5, 5.41) is 15.9. The average molecular weight is 724 g/mol. The zero-order chi connectivity index (χ0) is 38.6. The number of nitrogens with zero attached hydrogens (tertiary/aromatic N) is 4. The molecule has 5 aliphatic rings. The van der Waals surface area contributed by atoms with E-state index in [4.69, 9.17) is 20.3 Å². The third kappa shape index (κ3) is 5.41. The predicted octanol–water partition coefficient (Wildman–Crippen LogP) is 7.26. The van der Waals surface area contributed by atoms with Crippen LogP contribution in [0.3, 0.4) is 0 Å². The first-order valence-electron chi connectivity index (χ1n) is 20.0. The second-order valence-electron chi connectivity index (χ2n) is 20.7. The molecule has 10 nitrogen and oxygen atoms in total. The number of allylic oxidation sites excluding steroid dienone is 1. The molecule has 52 heavy (non-hydrogen) atoms. The van der Waals surface area contributed by atoms with Crippen LogP contribution in [0.5, 0.6) is 0 Å². The summed E-state index contributed by atoms with van der Waals surface area (Å²) in [5.41, 5.74) is 6.00. The highest BCUT2D eigenvalue weighted by Crippen LogP contribution is 2.75. The molecule has 4 aliphatic carbocycles. The lowest BCUT2D eigenvalue weighted by Gasteiger charge is -2.71. The fourth-order valence-corrected chi connectivity index (χ4v) is 12.4. The Morgan fingerprint density at radius 1 is 1.08 bits per heavy atom. The van der Waals surface area contributed by atoms with Gasteiger partial charge in [-0.25, -0.2) is 9.67 Å². The largest absolute Gasteiger partial charge is 0.481 e. The third-order valence-electron chi connectivity index (χ3n) is 16.9. The highest BCUT2D eigenvalue weighted by molar-refractivity contribution is 5.90. The molecule has 2 heterocycles. The van der Waals surface area contributed by atoms with Gasteiger partial charge in [-0.2, -0.15) is 5.10 Å². The van der Waals surface area contributed by atoms with E-state index >= 15 is 0 Å². The number of aromatic nitrogens is 3. The number of carbonyl (C=O) groups excluding carboxylic acids is 1. The van der Waals surface area contributed by atoms with Crippen LogP contribution in [0.15, 0.2) is 18.0 Å². The molecule has 12 atom stereocenters. The summed E-state index contributed by atoms with van der Waals surface area (Å²) in [7, 11) is 3.49. The van der Waals surface area contributed by atoms with Crippen LogP contribution in [-0.2, 0) is 14.3 Å². The SMILES string of the molecule is CC(C)[C@@H](C)[C@@]1(C)CC[C@]2(C)[C@H]3CC[C@@H]4C5(COC[C@]4(C)[C@@H](OC[C@](C)(N)C(C)(C)C)[C@H](n4ncnc4C(=O)N(C)C)C5)C3=CC[C@@]2(C)[C@@H]1C(=O)O. The number of carboxylic acid groups (broad SMARTS) is 1. The molecule has 1 aromatic heterocycles. The molecule has 0 aromatic carbocycles. The molecule has 6 rings (SSSR count). The Kier molecular flexibility index (Phi) is 9.56. The maximum Gasteiger partial charge on any atom is 0.307 e. The number of fused-ring (bicyclic) bond motifs is 3. The van der Waals surface area contributed by atoms with Crippen LogP contribution in [0.1, 0.15) is 131 Å². The number of ether oxygens (including phenoxy) is 2. The number of carbonyl (C=O) groups is 2. The molecule has 1 unspecified atom stereocenters. The zero-order valence-electron chi connectivity index (χ0n) is 34.5. The van der Waals surface area contributed by atoms with Gasteiger partial charge in [-0.15, -0.1) is 0 Å². The van der Waals surface area contributed by atoms with E-state index in [0.29, 0.717) is 38.0 Å². The van der Waals surface area contributed by atoms with Gasteiger partial charge in [0.2, 0.25) is 5.82 Å². The summed E-state index contributed by atoms with van der Waals surface area (Å²) in [4.78, 5) is 33.2. The fourth-order valence-electron chi connectivity index (χ4n) is 12.4. The van der Waals surface area contributed by atoms with Crippen molar-refractivity contribution in [3.8, 4) is 0 Å². The van der Waals surface area contributed by atoms with Crippen LogP contribution in [0.4, 0.5) is 0 Å². The molecular weight excluding hydrogens is 654 g/mol. The minimum Gasteiger partial charge on any atom is -0.481 e. The molecule has 2 bridgehead atoms. The van der Waals surface area contributed by atoms with Gasteiger partial charge in [-0.05, 0) is 90.8 Å². The van der Waals surface area contributed by atoms with E-state index in [1.807, 2.05) is 4.68 Å². The molecule has 1 amide bonds. The van der Waals surface area contributed by atoms with Gasteiger partial charge in [0.25, 0.3) is 5.91 Å². The Bertz CT molecular complexity index is 1590. The number of amides is 1. The van der Waals surface area contributed by atoms with Crippen molar-refractivity contribution in [2.75, 3.05) is 33.9 Å². The van der Waals surface area contributed by atoms with Crippen molar-refractivity contribution in [2.24, 2.45) is 67.8 Å². The van der Waals surface area contributed by atoms with E-state index in [1.54, 1.807) is 19.0 Å². The van der Waals surface area contributed by atoms with Crippen LogP contribution in [0.25, 0.3) is 0 Å². The Morgan fingerprint density at radius 2 is 1.75 bits per heavy atom. The van der Waals surface area contributed by atoms with Crippen LogP contribution in [0.2, 0.25) is 0 Å². The van der Waals surface area contributed by atoms with Crippen molar-refractivity contribution in [2.45, 2.75) is 132 Å². The van der Waals surface area contributed by atoms with Crippen molar-refractivity contribution in [3.63, 3.8) is 0 Å². The molecule has 1 aromatic rings. The Morgan fingerprint density at radius 3 is 2.35 bits per heavy atom. The van der Waals surface area contributed by atoms with E-state index in [0.717, 1.165) is 32.1 Å². The molecular formula is C42H69N5O5. The number of hydrogen-bond donors (Lipinski definition) is 2. The lowest BCUT2D eigenvalue weighted by molar-refractivity contribution is -0.253. The standard InChI is InChI=1S/C42H69N5O5/c1-25(2)26(3)37(7)18-19-39(9)27-14-15-30-38(8)21-51-23-42(30,28(27)16-17-40(39,10)31(37)35(49)50)20-29(32(38)52-22-41(11,43)36(4,5)6)47-33(44-24-45-47)34(48)46(12)13/h16,24-27,29-32H,14-15,17-23,43H2,1-13H3,(H,49,50)/t26-,27+,29-,30+,31-,32+,37-,38+,39-,40+,41+,42?/m1/s1. The van der Waals surface area contributed by atoms with Gasteiger partial charge < -0.3 is 25.2 Å². The predicted molar refractivity (Wildman–Crippen MR) is 202 cm³/mol. The Balaban J connectivity index is 1.48. The number of aliphatic carboxylic acids is 1. The molecule has 1 saturated heterocycles. The maximum atomic E-state index is 13.6. The van der Waals surface area contributed by atoms with Gasteiger partial charge in [0.1, 0.15) is 6.33 Å². The molecule has 1 aliphatic heterocycles. The smallest absolute Gasteiger partial charge is 0.307 e. The normalized spacial score (nSPS) is 41.9. The van der Waals surface area contributed by atoms with Gasteiger partial charge in [-0.3, -0.25) is 9.59 Å². The van der Waals surface area contributed by atoms with Crippen molar-refractivity contribution in [1.29, 1.82) is 0 Å². The second-order valence-corrected chi connectivity index (χ2v) is 20.7. The molecule has 10 heteroatoms. The zero-order valence-corrected chi connectivity index (χ0v) is 34.5. The van der Waals surface area contributed by atoms with Gasteiger partial charge >= 0.3 is 5.97 Å². The first-order chi connectivity index (χ1) is 23.9. The minimum absolute atomic E-state index is 0.192. The molecule has 4 fully saturated rings. The molecule has 0 spiro atoms. The first kappa shape index (κ1) is 39.4. The number of nitrogens with two attached hydrogens (primary N) is 1. The van der Waals surface area contributed by atoms with Crippen molar-refractivity contribution in [1.82, 2.24) is 19.7 Å². The fraction of sp³-hybridized carbons (Fsp3) is 0.857. The van der Waals surface area contributed by atoms with Crippen molar-refractivity contribution in [3.05, 3.63) is 23.8 Å². The summed E-state index contributed by atoms with van der Waals surface area (Å²) >= 11 is 0. The van der Waals surface area contributed by atoms with Crippen LogP contribution in [0, 0.1) is 62.1 Å². The molecule has 0 radical (unpaired) electrons. The lowest BCUT2D eigenvalue weighted by Crippen LogP contribution is -2.69. The second kappa shape index (κ2) is 12.6. The van der Waals surface area contributed by atoms with Crippen molar-refractivity contribution >= 4 is 11.9 Å². The van der Waals surface area contributed by atoms with E-state index in [-0.39, 0.29) is 57.5 Å². The summed E-state index contributed by atoms with van der Waals surface area (Å²) < 4.78 is 15.7. The summed E-state index contributed by atoms with van der Waals surface area (Å²) in [6, 6.07) is -0.281. The molecule has 292 valence electrons. The van der Waals surface area contributed by atoms with Crippen LogP contribution < -0.4 is 5.73 Å². The van der Waals surface area contributed by atoms with E-state index in [2.05, 4.69) is 87.2 Å². The summed E-state index contributed by atoms with van der Waals surface area (Å²) in [5.74, 6) is 0.229. The number of carboxylic acids is 1. The Hall–Kier alpha value is -2.30. The monoisotopic (exact) mass is 724 g/mol. The highest BCUT2D eigenvalue weighted by Gasteiger charge is 2.72. The van der Waals surface area contributed by atoms with Gasteiger partial charge in [-0.1, -0.05) is 80.9 Å². The van der Waals surface area contributed by atoms with Gasteiger partial charge in [0, 0.05) is 30.5 Å². The number of hydrogen-bond acceptors (Lipinski definition) is 7. The van der Waals surface area contributed by atoms with Crippen LogP contribution in [-0.4, -0.2) is 82.2 Å². The molecule has 3 saturated carbocycles. The summed E-state index contributed by atoms with van der Waals surface area (Å²) in [6.07, 6.45) is 9.01. The van der Waals surface area contributed by atoms with E-state index < -0.39 is 28.3 Å². The first-order valence-corrected chi connectivity index (χ1v) is 20.0. The van der Waals surface area contributed by atoms with E-state index in [9.17, 15) is 14.7 Å². The Labute approximate surface area is 313 Å². The lowest BCUT2D eigenvalue weighted by atomic mass is 9.34.